The van der Waals surface area contributed by atoms with Crippen molar-refractivity contribution in [1.29, 1.82) is 0 Å². The van der Waals surface area contributed by atoms with Crippen LogP contribution in [0.1, 0.15) is 367 Å². The Hall–Kier alpha value is -8.64. The molecule has 0 atom stereocenters. The first-order valence-corrected chi connectivity index (χ1v) is 50.1. The number of rotatable bonds is 47. The number of unbranched alkanes of at least 4 members (excludes halogenated alkanes) is 30. The summed E-state index contributed by atoms with van der Waals surface area (Å²) in [4.78, 5) is 11.9. The average molecular weight is 1640 g/mol. The van der Waals surface area contributed by atoms with Gasteiger partial charge in [0.25, 0.3) is 0 Å². The van der Waals surface area contributed by atoms with E-state index in [1.165, 1.54) is 370 Å². The van der Waals surface area contributed by atoms with Crippen molar-refractivity contribution < 1.29 is 0 Å². The van der Waals surface area contributed by atoms with E-state index in [4.69, 9.17) is 14.3 Å². The van der Waals surface area contributed by atoms with Crippen LogP contribution in [0.2, 0.25) is 0 Å². The predicted octanol–water partition coefficient (Wildman–Crippen LogP) is 36.2. The van der Waals surface area contributed by atoms with Gasteiger partial charge in [0.05, 0.1) is 34.1 Å². The Labute approximate surface area is 741 Å². The van der Waals surface area contributed by atoms with Gasteiger partial charge in [-0.15, -0.1) is 0 Å². The minimum absolute atomic E-state index is 0.0304. The van der Waals surface area contributed by atoms with E-state index in [1.54, 1.807) is 22.3 Å². The van der Waals surface area contributed by atoms with Gasteiger partial charge >= 0.3 is 0 Å². The molecular formula is C117H146N4S. The standard InChI is InChI=1S/C80H98N2.C37H48N2S/c1-7-11-15-19-23-33-51-79(52-34-24-20-16-12-8-2)71-55-59(5)41-45-67(71)69-47-43-63(57-73(69)79)65-49-50-66(78-77(65)81-75(61-37-29-27-30-38-61)76(82-78)62-39-31-28-32-40-62)64-44-48-70-68-46-42-60(6)56-72(68)80(74(70)58-64,53-35-25-21-17-13-9-3)54-36-26-22-18-14-10-4;1-5-7-9-11-13-15-23-37(24-16-14-12-10-8-6-2)33-25-27(3)17-20-31(33)32-22-19-29(26-34(32)37)30-21-18-28(4)35-36(30)39-40-38-35/h27-32,37-50,55-58H,7-26,33-36,51-54H2,1-6H3;17-22,25-26H,5-16,23-24H2,1-4H3. The Morgan fingerprint density at radius 3 is 0.746 bits per heavy atom. The van der Waals surface area contributed by atoms with E-state index in [9.17, 15) is 0 Å². The lowest BCUT2D eigenvalue weighted by Gasteiger charge is -2.33. The van der Waals surface area contributed by atoms with Gasteiger partial charge < -0.3 is 0 Å². The second-order valence-electron chi connectivity index (χ2n) is 37.7. The van der Waals surface area contributed by atoms with Gasteiger partial charge in [-0.25, -0.2) is 9.97 Å². The zero-order chi connectivity index (χ0) is 84.7. The molecule has 3 aliphatic rings. The van der Waals surface area contributed by atoms with Gasteiger partial charge in [-0.2, -0.15) is 8.75 Å². The SMILES string of the molecule is CCCCCCCCC1(CCCCCCCC)c2cc(C)ccc2-c2ccc(-c3ccc(-c4ccc5c(c4)C(CCCCCCCC)(CCCCCCCC)c4cc(C)ccc4-5)c4nc(-c5ccccc5)c(-c5ccccc5)nc34)cc21.CCCCCCCCC1(CCCCCCCC)c2cc(C)ccc2-c2ccc(-c3ccc(C)c4nsnc34)cc21. The molecule has 0 fully saturated rings. The molecule has 640 valence electrons. The number of hydrogen-bond acceptors (Lipinski definition) is 5. The van der Waals surface area contributed by atoms with Crippen molar-refractivity contribution in [2.45, 2.75) is 355 Å². The fourth-order valence-corrected chi connectivity index (χ4v) is 22.6. The van der Waals surface area contributed by atoms with Crippen molar-refractivity contribution in [3.8, 4) is 89.3 Å². The van der Waals surface area contributed by atoms with E-state index < -0.39 is 0 Å². The Morgan fingerprint density at radius 2 is 0.451 bits per heavy atom. The minimum Gasteiger partial charge on any atom is -0.243 e. The largest absolute Gasteiger partial charge is 0.243 e. The van der Waals surface area contributed by atoms with Gasteiger partial charge in [0, 0.05) is 44.1 Å². The van der Waals surface area contributed by atoms with Crippen molar-refractivity contribution in [2.75, 3.05) is 0 Å². The molecule has 0 amide bonds. The third kappa shape index (κ3) is 20.2. The van der Waals surface area contributed by atoms with E-state index in [0.29, 0.717) is 0 Å². The predicted molar refractivity (Wildman–Crippen MR) is 530 cm³/mol. The van der Waals surface area contributed by atoms with Crippen LogP contribution in [-0.4, -0.2) is 18.7 Å². The van der Waals surface area contributed by atoms with Gasteiger partial charge in [0.1, 0.15) is 11.0 Å². The van der Waals surface area contributed by atoms with E-state index >= 15 is 0 Å². The highest BCUT2D eigenvalue weighted by atomic mass is 32.1. The van der Waals surface area contributed by atoms with Crippen LogP contribution in [0.25, 0.3) is 111 Å². The smallest absolute Gasteiger partial charge is 0.112 e. The Morgan fingerprint density at radius 1 is 0.213 bits per heavy atom. The Balaban J connectivity index is 0.000000253. The summed E-state index contributed by atoms with van der Waals surface area (Å²) in [5.74, 6) is 0. The zero-order valence-electron chi connectivity index (χ0n) is 76.9. The molecular weight excluding hydrogens is 1490 g/mol. The molecule has 0 bridgehead atoms. The zero-order valence-corrected chi connectivity index (χ0v) is 77.7. The highest BCUT2D eigenvalue weighted by molar-refractivity contribution is 7.00. The highest BCUT2D eigenvalue weighted by Crippen LogP contribution is 2.60. The van der Waals surface area contributed by atoms with E-state index in [1.807, 2.05) is 0 Å². The number of hydrogen-bond donors (Lipinski definition) is 0. The summed E-state index contributed by atoms with van der Waals surface area (Å²) in [6, 6.07) is 75.4. The van der Waals surface area contributed by atoms with Crippen LogP contribution in [-0.2, 0) is 16.2 Å². The van der Waals surface area contributed by atoms with Crippen molar-refractivity contribution >= 4 is 33.8 Å². The third-order valence-electron chi connectivity index (χ3n) is 28.8. The summed E-state index contributed by atoms with van der Waals surface area (Å²) in [6.45, 7) is 23.0. The van der Waals surface area contributed by atoms with Crippen LogP contribution in [0.3, 0.4) is 0 Å². The van der Waals surface area contributed by atoms with E-state index in [2.05, 4.69) is 268 Å². The first kappa shape index (κ1) is 89.6. The topological polar surface area (TPSA) is 51.6 Å². The van der Waals surface area contributed by atoms with Crippen molar-refractivity contribution in [1.82, 2.24) is 18.7 Å². The molecule has 4 nitrogen and oxygen atoms in total. The molecule has 0 aliphatic heterocycles. The van der Waals surface area contributed by atoms with Crippen LogP contribution < -0.4 is 0 Å². The summed E-state index contributed by atoms with van der Waals surface area (Å²) < 4.78 is 9.36. The Kier molecular flexibility index (Phi) is 32.2. The monoisotopic (exact) mass is 1640 g/mol. The molecule has 122 heavy (non-hydrogen) atoms. The lowest BCUT2D eigenvalue weighted by Crippen LogP contribution is -2.25. The van der Waals surface area contributed by atoms with Gasteiger partial charge in [-0.05, 0) is 173 Å². The van der Waals surface area contributed by atoms with Gasteiger partial charge in [-0.1, -0.05) is 465 Å². The molecule has 10 aromatic carbocycles. The molecule has 3 aliphatic carbocycles. The molecule has 0 radical (unpaired) electrons. The highest BCUT2D eigenvalue weighted by Gasteiger charge is 2.46. The second kappa shape index (κ2) is 43.8. The number of benzene rings is 10. The van der Waals surface area contributed by atoms with Crippen molar-refractivity contribution in [3.63, 3.8) is 0 Å². The maximum Gasteiger partial charge on any atom is 0.112 e. The third-order valence-corrected chi connectivity index (χ3v) is 29.3. The van der Waals surface area contributed by atoms with Gasteiger partial charge in [0.2, 0.25) is 0 Å². The molecule has 0 saturated carbocycles. The number of fused-ring (bicyclic) bond motifs is 11. The lowest BCUT2D eigenvalue weighted by molar-refractivity contribution is 0.398. The number of aromatic nitrogens is 4. The molecule has 0 N–H and O–H groups in total. The van der Waals surface area contributed by atoms with Crippen LogP contribution >= 0.6 is 11.7 Å². The normalized spacial score (nSPS) is 13.6. The van der Waals surface area contributed by atoms with Crippen LogP contribution in [0.5, 0.6) is 0 Å². The summed E-state index contributed by atoms with van der Waals surface area (Å²) in [5, 5.41) is 0. The van der Waals surface area contributed by atoms with E-state index in [0.717, 1.165) is 55.7 Å². The molecule has 5 heteroatoms. The fourth-order valence-electron chi connectivity index (χ4n) is 22.0. The summed E-state index contributed by atoms with van der Waals surface area (Å²) in [7, 11) is 0. The molecule has 0 spiro atoms. The fraction of sp³-hybridized carbons (Fsp3) is 0.470. The maximum atomic E-state index is 5.96. The second-order valence-corrected chi connectivity index (χ2v) is 38.2. The molecule has 2 heterocycles. The van der Waals surface area contributed by atoms with Gasteiger partial charge in [0.15, 0.2) is 0 Å². The first-order valence-electron chi connectivity index (χ1n) is 49.4. The minimum atomic E-state index is -0.0304. The van der Waals surface area contributed by atoms with Crippen molar-refractivity contribution in [3.05, 3.63) is 250 Å². The van der Waals surface area contributed by atoms with Gasteiger partial charge in [-0.3, -0.25) is 0 Å². The summed E-state index contributed by atoms with van der Waals surface area (Å²) >= 11 is 1.33. The Bertz CT molecular complexity index is 5100. The lowest BCUT2D eigenvalue weighted by atomic mass is 9.70. The average Bonchev–Trinajstić information content (AvgIpc) is 1.50. The molecule has 12 aromatic rings. The summed E-state index contributed by atoms with van der Waals surface area (Å²) in [6.07, 6.45) is 54.9. The molecule has 15 rings (SSSR count). The maximum absolute atomic E-state index is 5.96. The number of aryl methyl sites for hydroxylation is 4. The molecule has 2 aromatic heterocycles. The molecule has 0 unspecified atom stereocenters. The quantitative estimate of drug-likeness (QED) is 0.0357. The van der Waals surface area contributed by atoms with E-state index in [-0.39, 0.29) is 16.2 Å². The van der Waals surface area contributed by atoms with Crippen molar-refractivity contribution in [2.24, 2.45) is 0 Å². The summed E-state index contributed by atoms with van der Waals surface area (Å²) in [5.41, 5.74) is 38.8. The van der Waals surface area contributed by atoms with Crippen LogP contribution in [0, 0.1) is 27.7 Å². The van der Waals surface area contributed by atoms with Crippen LogP contribution in [0.4, 0.5) is 0 Å². The first-order chi connectivity index (χ1) is 59.9. The molecule has 0 saturated heterocycles. The van der Waals surface area contributed by atoms with Crippen LogP contribution in [0.15, 0.2) is 194 Å². The number of nitrogens with zero attached hydrogens (tertiary/aromatic N) is 4.